The zero-order valence-corrected chi connectivity index (χ0v) is 9.20. The van der Waals surface area contributed by atoms with Crippen LogP contribution < -0.4 is 10.5 Å². The smallest absolute Gasteiger partial charge is 0.218 e. The van der Waals surface area contributed by atoms with Crippen LogP contribution in [0, 0.1) is 12.8 Å². The van der Waals surface area contributed by atoms with Gasteiger partial charge in [-0.2, -0.15) is 0 Å². The van der Waals surface area contributed by atoms with Gasteiger partial charge in [-0.3, -0.25) is 0 Å². The molecule has 1 heterocycles. The zero-order chi connectivity index (χ0) is 10.7. The van der Waals surface area contributed by atoms with E-state index in [1.54, 1.807) is 6.20 Å². The van der Waals surface area contributed by atoms with Crippen molar-refractivity contribution in [1.29, 1.82) is 0 Å². The molecule has 2 rings (SSSR count). The van der Waals surface area contributed by atoms with Gasteiger partial charge in [-0.25, -0.2) is 4.98 Å². The van der Waals surface area contributed by atoms with Gasteiger partial charge in [-0.1, -0.05) is 12.8 Å². The van der Waals surface area contributed by atoms with E-state index < -0.39 is 0 Å². The van der Waals surface area contributed by atoms with Gasteiger partial charge in [0.25, 0.3) is 0 Å². The van der Waals surface area contributed by atoms with Crippen molar-refractivity contribution in [3.63, 3.8) is 0 Å². The highest BCUT2D eigenvalue weighted by molar-refractivity contribution is 5.33. The van der Waals surface area contributed by atoms with Crippen molar-refractivity contribution in [1.82, 2.24) is 4.98 Å². The van der Waals surface area contributed by atoms with Gasteiger partial charge < -0.3 is 10.5 Å². The maximum absolute atomic E-state index is 5.68. The van der Waals surface area contributed by atoms with Crippen LogP contribution in [0.4, 0.5) is 0 Å². The summed E-state index contributed by atoms with van der Waals surface area (Å²) in [6.07, 6.45) is 5.67. The lowest BCUT2D eigenvalue weighted by Gasteiger charge is -2.10. The fourth-order valence-corrected chi connectivity index (χ4v) is 1.67. The van der Waals surface area contributed by atoms with E-state index in [4.69, 9.17) is 10.5 Å². The van der Waals surface area contributed by atoms with Crippen LogP contribution >= 0.6 is 0 Å². The number of nitrogens with two attached hydrogens (primary N) is 1. The molecule has 1 fully saturated rings. The number of hydrogen-bond acceptors (Lipinski definition) is 3. The molecule has 0 spiro atoms. The highest BCUT2D eigenvalue weighted by Gasteiger charge is 2.21. The Bertz CT molecular complexity index is 334. The van der Waals surface area contributed by atoms with E-state index >= 15 is 0 Å². The molecule has 1 aromatic rings. The van der Waals surface area contributed by atoms with Crippen molar-refractivity contribution in [2.24, 2.45) is 11.7 Å². The van der Waals surface area contributed by atoms with Gasteiger partial charge in [0.05, 0.1) is 6.61 Å². The maximum atomic E-state index is 5.68. The molecule has 0 bridgehead atoms. The predicted octanol–water partition coefficient (Wildman–Crippen LogP) is 2.03. The Hall–Kier alpha value is -1.09. The molecule has 1 saturated carbocycles. The number of pyridine rings is 1. The molecule has 3 heteroatoms. The highest BCUT2D eigenvalue weighted by Crippen LogP contribution is 2.32. The van der Waals surface area contributed by atoms with Crippen LogP contribution in [-0.4, -0.2) is 11.6 Å². The number of nitrogens with zero attached hydrogens (tertiary/aromatic N) is 1. The third kappa shape index (κ3) is 2.69. The topological polar surface area (TPSA) is 48.1 Å². The second kappa shape index (κ2) is 4.62. The largest absolute Gasteiger partial charge is 0.477 e. The first-order valence-corrected chi connectivity index (χ1v) is 5.58. The van der Waals surface area contributed by atoms with E-state index in [0.29, 0.717) is 6.54 Å². The summed E-state index contributed by atoms with van der Waals surface area (Å²) in [6, 6.07) is 1.97. The minimum atomic E-state index is 0.498. The fraction of sp³-hybridized carbons (Fsp3) is 0.583. The molecule has 0 aliphatic heterocycles. The molecule has 1 aliphatic carbocycles. The number of aromatic nitrogens is 1. The summed E-state index contributed by atoms with van der Waals surface area (Å²) in [5.74, 6) is 1.62. The molecular formula is C12H18N2O. The Kier molecular flexibility index (Phi) is 3.21. The molecule has 15 heavy (non-hydrogen) atoms. The highest BCUT2D eigenvalue weighted by atomic mass is 16.5. The first-order chi connectivity index (χ1) is 7.31. The number of rotatable bonds is 5. The molecule has 82 valence electrons. The zero-order valence-electron chi connectivity index (χ0n) is 9.20. The quantitative estimate of drug-likeness (QED) is 0.801. The van der Waals surface area contributed by atoms with E-state index in [2.05, 4.69) is 4.98 Å². The molecule has 0 amide bonds. The van der Waals surface area contributed by atoms with Gasteiger partial charge in [0.15, 0.2) is 0 Å². The summed E-state index contributed by atoms with van der Waals surface area (Å²) >= 11 is 0. The molecule has 0 atom stereocenters. The van der Waals surface area contributed by atoms with Crippen molar-refractivity contribution >= 4 is 0 Å². The normalized spacial score (nSPS) is 15.3. The van der Waals surface area contributed by atoms with Crippen LogP contribution in [0.3, 0.4) is 0 Å². The lowest BCUT2D eigenvalue weighted by molar-refractivity contribution is 0.288. The van der Waals surface area contributed by atoms with Gasteiger partial charge in [-0.05, 0) is 30.9 Å². The second-order valence-corrected chi connectivity index (χ2v) is 4.20. The van der Waals surface area contributed by atoms with E-state index in [0.717, 1.165) is 36.0 Å². The molecule has 0 radical (unpaired) electrons. The third-order valence-corrected chi connectivity index (χ3v) is 2.92. The second-order valence-electron chi connectivity index (χ2n) is 4.20. The minimum Gasteiger partial charge on any atom is -0.477 e. The molecule has 3 nitrogen and oxygen atoms in total. The molecule has 1 aliphatic rings. The van der Waals surface area contributed by atoms with Crippen LogP contribution in [0.15, 0.2) is 12.3 Å². The van der Waals surface area contributed by atoms with Crippen LogP contribution in [0.1, 0.15) is 30.4 Å². The van der Waals surface area contributed by atoms with Crippen LogP contribution in [0.2, 0.25) is 0 Å². The van der Waals surface area contributed by atoms with Crippen LogP contribution in [0.25, 0.3) is 0 Å². The van der Waals surface area contributed by atoms with Gasteiger partial charge in [-0.15, -0.1) is 0 Å². The summed E-state index contributed by atoms with van der Waals surface area (Å²) in [4.78, 5) is 4.23. The summed E-state index contributed by atoms with van der Waals surface area (Å²) in [6.45, 7) is 3.31. The Morgan fingerprint density at radius 2 is 2.33 bits per heavy atom. The van der Waals surface area contributed by atoms with Crippen LogP contribution in [-0.2, 0) is 6.54 Å². The molecular weight excluding hydrogens is 188 g/mol. The molecule has 0 saturated heterocycles. The molecule has 0 aromatic carbocycles. The number of ether oxygens (including phenoxy) is 1. The Morgan fingerprint density at radius 3 is 3.00 bits per heavy atom. The van der Waals surface area contributed by atoms with Crippen molar-refractivity contribution in [3.05, 3.63) is 23.4 Å². The van der Waals surface area contributed by atoms with Gasteiger partial charge in [0.1, 0.15) is 0 Å². The monoisotopic (exact) mass is 206 g/mol. The summed E-state index contributed by atoms with van der Waals surface area (Å²) in [7, 11) is 0. The number of aryl methyl sites for hydroxylation is 1. The maximum Gasteiger partial charge on any atom is 0.218 e. The minimum absolute atomic E-state index is 0.498. The van der Waals surface area contributed by atoms with E-state index in [-0.39, 0.29) is 0 Å². The molecule has 2 N–H and O–H groups in total. The van der Waals surface area contributed by atoms with Crippen molar-refractivity contribution in [2.75, 3.05) is 6.61 Å². The van der Waals surface area contributed by atoms with Crippen LogP contribution in [0.5, 0.6) is 5.88 Å². The van der Waals surface area contributed by atoms with Crippen molar-refractivity contribution < 1.29 is 4.74 Å². The lowest BCUT2D eigenvalue weighted by Crippen LogP contribution is -2.07. The third-order valence-electron chi connectivity index (χ3n) is 2.92. The SMILES string of the molecule is Cc1ccnc(OCCC2CC2)c1CN. The lowest BCUT2D eigenvalue weighted by atomic mass is 10.1. The summed E-state index contributed by atoms with van der Waals surface area (Å²) in [5.41, 5.74) is 7.87. The van der Waals surface area contributed by atoms with E-state index in [1.165, 1.54) is 12.8 Å². The molecule has 1 aromatic heterocycles. The average Bonchev–Trinajstić information content (AvgIpc) is 3.02. The van der Waals surface area contributed by atoms with Crippen molar-refractivity contribution in [3.8, 4) is 5.88 Å². The fourth-order valence-electron chi connectivity index (χ4n) is 1.67. The molecule has 0 unspecified atom stereocenters. The van der Waals surface area contributed by atoms with E-state index in [1.807, 2.05) is 13.0 Å². The summed E-state index contributed by atoms with van der Waals surface area (Å²) < 4.78 is 5.67. The van der Waals surface area contributed by atoms with Gasteiger partial charge >= 0.3 is 0 Å². The Balaban J connectivity index is 1.95. The van der Waals surface area contributed by atoms with Crippen molar-refractivity contribution in [2.45, 2.75) is 32.7 Å². The standard InChI is InChI=1S/C12H18N2O/c1-9-4-6-14-12(11(9)8-13)15-7-5-10-2-3-10/h4,6,10H,2-3,5,7-8,13H2,1H3. The summed E-state index contributed by atoms with van der Waals surface area (Å²) in [5, 5.41) is 0. The Morgan fingerprint density at radius 1 is 1.53 bits per heavy atom. The van der Waals surface area contributed by atoms with Gasteiger partial charge in [0.2, 0.25) is 5.88 Å². The average molecular weight is 206 g/mol. The van der Waals surface area contributed by atoms with Gasteiger partial charge in [0, 0.05) is 18.3 Å². The Labute approximate surface area is 90.7 Å². The number of hydrogen-bond donors (Lipinski definition) is 1. The van der Waals surface area contributed by atoms with E-state index in [9.17, 15) is 0 Å². The first-order valence-electron chi connectivity index (χ1n) is 5.58. The predicted molar refractivity (Wildman–Crippen MR) is 59.7 cm³/mol. The first kappa shape index (κ1) is 10.4.